The van der Waals surface area contributed by atoms with Gasteiger partial charge < -0.3 is 24.6 Å². The number of benzene rings is 1. The van der Waals surface area contributed by atoms with Crippen LogP contribution >= 0.6 is 24.0 Å². The van der Waals surface area contributed by atoms with E-state index >= 15 is 0 Å². The molecule has 2 heterocycles. The van der Waals surface area contributed by atoms with Crippen LogP contribution in [0.4, 0.5) is 0 Å². The third kappa shape index (κ3) is 5.19. The molecule has 0 bridgehead atoms. The fourth-order valence-corrected chi connectivity index (χ4v) is 4.00. The van der Waals surface area contributed by atoms with Gasteiger partial charge in [-0.1, -0.05) is 6.92 Å². The monoisotopic (exact) mass is 488 g/mol. The van der Waals surface area contributed by atoms with Crippen molar-refractivity contribution in [2.24, 2.45) is 10.9 Å². The predicted octanol–water partition coefficient (Wildman–Crippen LogP) is 2.60. The van der Waals surface area contributed by atoms with Gasteiger partial charge in [-0.2, -0.15) is 0 Å². The molecule has 0 spiro atoms. The van der Waals surface area contributed by atoms with Gasteiger partial charge in [0.2, 0.25) is 0 Å². The van der Waals surface area contributed by atoms with Crippen LogP contribution in [0.25, 0.3) is 0 Å². The van der Waals surface area contributed by atoms with Gasteiger partial charge in [-0.3, -0.25) is 4.99 Å². The minimum Gasteiger partial charge on any atom is -0.493 e. The lowest BCUT2D eigenvalue weighted by atomic mass is 9.99. The van der Waals surface area contributed by atoms with E-state index in [1.54, 1.807) is 14.2 Å². The fraction of sp³-hybridized carbons (Fsp3) is 0.650. The Bertz CT molecular complexity index is 653. The number of hydrogen-bond acceptors (Lipinski definition) is 4. The highest BCUT2D eigenvalue weighted by molar-refractivity contribution is 14.0. The zero-order valence-electron chi connectivity index (χ0n) is 17.0. The van der Waals surface area contributed by atoms with Crippen LogP contribution in [0.1, 0.15) is 24.5 Å². The Balaban J connectivity index is 0.00000261. The smallest absolute Gasteiger partial charge is 0.193 e. The normalized spacial score (nSPS) is 20.1. The second-order valence-corrected chi connectivity index (χ2v) is 7.12. The number of nitrogens with one attached hydrogen (secondary N) is 1. The minimum atomic E-state index is 0. The van der Waals surface area contributed by atoms with E-state index in [0.29, 0.717) is 5.92 Å². The molecule has 1 N–H and O–H groups in total. The van der Waals surface area contributed by atoms with Crippen molar-refractivity contribution in [3.63, 3.8) is 0 Å². The summed E-state index contributed by atoms with van der Waals surface area (Å²) in [5.74, 6) is 3.32. The quantitative estimate of drug-likeness (QED) is 0.393. The summed E-state index contributed by atoms with van der Waals surface area (Å²) in [6, 6.07) is 4.21. The molecule has 1 aromatic carbocycles. The summed E-state index contributed by atoms with van der Waals surface area (Å²) in [4.78, 5) is 9.38. The highest BCUT2D eigenvalue weighted by atomic mass is 127. The molecular weight excluding hydrogens is 455 g/mol. The van der Waals surface area contributed by atoms with Crippen molar-refractivity contribution in [1.82, 2.24) is 15.1 Å². The average Bonchev–Trinajstić information content (AvgIpc) is 3.15. The molecule has 7 heteroatoms. The number of fused-ring (bicyclic) bond motifs is 1. The number of likely N-dealkylation sites (tertiary alicyclic amines) is 1. The van der Waals surface area contributed by atoms with E-state index in [4.69, 9.17) is 9.47 Å². The molecule has 1 saturated heterocycles. The molecule has 1 aromatic rings. The highest BCUT2D eigenvalue weighted by Gasteiger charge is 2.24. The Morgan fingerprint density at radius 1 is 1.19 bits per heavy atom. The molecule has 0 amide bonds. The number of ether oxygens (including phenoxy) is 2. The van der Waals surface area contributed by atoms with Crippen LogP contribution in [0.3, 0.4) is 0 Å². The van der Waals surface area contributed by atoms with Crippen molar-refractivity contribution in [3.8, 4) is 11.5 Å². The molecular formula is C20H33IN4O2. The Labute approximate surface area is 180 Å². The largest absolute Gasteiger partial charge is 0.493 e. The molecule has 1 unspecified atom stereocenters. The number of rotatable bonds is 5. The van der Waals surface area contributed by atoms with E-state index in [-0.39, 0.29) is 24.0 Å². The van der Waals surface area contributed by atoms with E-state index in [0.717, 1.165) is 50.1 Å². The third-order valence-electron chi connectivity index (χ3n) is 5.60. The summed E-state index contributed by atoms with van der Waals surface area (Å²) in [5, 5.41) is 3.60. The van der Waals surface area contributed by atoms with Crippen LogP contribution in [0.15, 0.2) is 17.1 Å². The Morgan fingerprint density at radius 2 is 1.89 bits per heavy atom. The molecule has 6 nitrogen and oxygen atoms in total. The standard InChI is InChI=1S/C20H32N4O2.HI/c1-5-23-8-6-15(13-23)12-22-20(21-2)24-9-7-16-10-18(25-3)19(26-4)11-17(16)14-24;/h10-11,15H,5-9,12-14H2,1-4H3,(H,21,22);1H. The maximum absolute atomic E-state index is 5.47. The minimum absolute atomic E-state index is 0. The van der Waals surface area contributed by atoms with Gasteiger partial charge in [-0.25, -0.2) is 0 Å². The maximum atomic E-state index is 5.47. The average molecular weight is 488 g/mol. The summed E-state index contributed by atoms with van der Waals surface area (Å²) in [5.41, 5.74) is 2.62. The molecule has 2 aliphatic rings. The number of halogens is 1. The zero-order chi connectivity index (χ0) is 18.5. The van der Waals surface area contributed by atoms with E-state index in [1.165, 1.54) is 30.6 Å². The van der Waals surface area contributed by atoms with Gasteiger partial charge in [0.1, 0.15) is 0 Å². The Hall–Kier alpha value is -1.22. The maximum Gasteiger partial charge on any atom is 0.193 e. The van der Waals surface area contributed by atoms with Crippen LogP contribution < -0.4 is 14.8 Å². The SMILES string of the molecule is CCN1CCC(CNC(=NC)N2CCc3cc(OC)c(OC)cc3C2)C1.I. The van der Waals surface area contributed by atoms with Crippen molar-refractivity contribution in [2.75, 3.05) is 54.0 Å². The van der Waals surface area contributed by atoms with Gasteiger partial charge in [0.15, 0.2) is 17.5 Å². The van der Waals surface area contributed by atoms with Gasteiger partial charge >= 0.3 is 0 Å². The van der Waals surface area contributed by atoms with Gasteiger partial charge in [-0.05, 0) is 55.1 Å². The number of hydrogen-bond donors (Lipinski definition) is 1. The Kier molecular flexibility index (Phi) is 8.47. The molecule has 152 valence electrons. The second kappa shape index (κ2) is 10.4. The van der Waals surface area contributed by atoms with Gasteiger partial charge in [0.05, 0.1) is 14.2 Å². The molecule has 1 fully saturated rings. The van der Waals surface area contributed by atoms with Crippen LogP contribution in [0.5, 0.6) is 11.5 Å². The molecule has 2 aliphatic heterocycles. The summed E-state index contributed by atoms with van der Waals surface area (Å²) in [7, 11) is 5.25. The number of nitrogens with zero attached hydrogens (tertiary/aromatic N) is 3. The highest BCUT2D eigenvalue weighted by Crippen LogP contribution is 2.33. The van der Waals surface area contributed by atoms with Crippen molar-refractivity contribution in [3.05, 3.63) is 23.3 Å². The van der Waals surface area contributed by atoms with E-state index < -0.39 is 0 Å². The summed E-state index contributed by atoms with van der Waals surface area (Å²) in [6.07, 6.45) is 2.26. The summed E-state index contributed by atoms with van der Waals surface area (Å²) >= 11 is 0. The first-order chi connectivity index (χ1) is 12.7. The number of guanidine groups is 1. The second-order valence-electron chi connectivity index (χ2n) is 7.12. The lowest BCUT2D eigenvalue weighted by Gasteiger charge is -2.32. The summed E-state index contributed by atoms with van der Waals surface area (Å²) < 4.78 is 10.9. The zero-order valence-corrected chi connectivity index (χ0v) is 19.3. The topological polar surface area (TPSA) is 49.3 Å². The predicted molar refractivity (Wildman–Crippen MR) is 121 cm³/mol. The van der Waals surface area contributed by atoms with Crippen molar-refractivity contribution >= 4 is 29.9 Å². The summed E-state index contributed by atoms with van der Waals surface area (Å²) in [6.45, 7) is 8.62. The molecule has 0 saturated carbocycles. The molecule has 0 radical (unpaired) electrons. The van der Waals surface area contributed by atoms with Crippen LogP contribution in [0, 0.1) is 5.92 Å². The van der Waals surface area contributed by atoms with E-state index in [2.05, 4.69) is 39.2 Å². The fourth-order valence-electron chi connectivity index (χ4n) is 4.00. The lowest BCUT2D eigenvalue weighted by Crippen LogP contribution is -2.45. The first kappa shape index (κ1) is 22.1. The molecule has 27 heavy (non-hydrogen) atoms. The van der Waals surface area contributed by atoms with E-state index in [1.807, 2.05) is 7.05 Å². The molecule has 0 aromatic heterocycles. The Morgan fingerprint density at radius 3 is 2.48 bits per heavy atom. The van der Waals surface area contributed by atoms with Crippen LogP contribution in [-0.4, -0.2) is 69.8 Å². The first-order valence-electron chi connectivity index (χ1n) is 9.60. The number of methoxy groups -OCH3 is 2. The van der Waals surface area contributed by atoms with Crippen molar-refractivity contribution in [2.45, 2.75) is 26.3 Å². The van der Waals surface area contributed by atoms with Crippen molar-refractivity contribution < 1.29 is 9.47 Å². The molecule has 0 aliphatic carbocycles. The molecule has 3 rings (SSSR count). The van der Waals surface area contributed by atoms with Crippen molar-refractivity contribution in [1.29, 1.82) is 0 Å². The third-order valence-corrected chi connectivity index (χ3v) is 5.60. The first-order valence-corrected chi connectivity index (χ1v) is 9.60. The molecule has 1 atom stereocenters. The van der Waals surface area contributed by atoms with Crippen LogP contribution in [0.2, 0.25) is 0 Å². The lowest BCUT2D eigenvalue weighted by molar-refractivity contribution is 0.336. The van der Waals surface area contributed by atoms with Gasteiger partial charge in [0, 0.05) is 33.2 Å². The van der Waals surface area contributed by atoms with Gasteiger partial charge in [0.25, 0.3) is 0 Å². The van der Waals surface area contributed by atoms with Crippen LogP contribution in [-0.2, 0) is 13.0 Å². The van der Waals surface area contributed by atoms with E-state index in [9.17, 15) is 0 Å². The van der Waals surface area contributed by atoms with Gasteiger partial charge in [-0.15, -0.1) is 24.0 Å². The number of aliphatic imine (C=N–C) groups is 1.